The minimum atomic E-state index is -2.93. The standard InChI is InChI=1S/C15H22ClNO2S/c1-11(14-8-3-4-9-15(14)16)17-12-6-5-7-13(10-12)20(2,18)19/h3-4,8-9,11-13,17H,5-7,10H2,1-2H3. The molecule has 1 N–H and O–H groups in total. The van der Waals surface area contributed by atoms with Crippen LogP contribution in [0.3, 0.4) is 0 Å². The van der Waals surface area contributed by atoms with Crippen LogP contribution in [0.25, 0.3) is 0 Å². The summed E-state index contributed by atoms with van der Waals surface area (Å²) in [5.41, 5.74) is 1.07. The van der Waals surface area contributed by atoms with Gasteiger partial charge in [0.05, 0.1) is 5.25 Å². The fraction of sp³-hybridized carbons (Fsp3) is 0.600. The maximum atomic E-state index is 11.7. The molecule has 3 unspecified atom stereocenters. The van der Waals surface area contributed by atoms with Crippen LogP contribution in [0.5, 0.6) is 0 Å². The second-order valence-corrected chi connectivity index (χ2v) is 8.46. The molecule has 20 heavy (non-hydrogen) atoms. The van der Waals surface area contributed by atoms with E-state index in [1.807, 2.05) is 24.3 Å². The fourth-order valence-corrected chi connectivity index (χ4v) is 4.43. The molecule has 112 valence electrons. The molecular formula is C15H22ClNO2S. The van der Waals surface area contributed by atoms with Gasteiger partial charge < -0.3 is 5.32 Å². The first-order valence-electron chi connectivity index (χ1n) is 7.07. The Bertz CT molecular complexity index is 559. The van der Waals surface area contributed by atoms with Crippen molar-refractivity contribution in [2.24, 2.45) is 0 Å². The number of hydrogen-bond acceptors (Lipinski definition) is 3. The summed E-state index contributed by atoms with van der Waals surface area (Å²) in [7, 11) is -2.93. The highest BCUT2D eigenvalue weighted by Crippen LogP contribution is 2.28. The van der Waals surface area contributed by atoms with Crippen molar-refractivity contribution in [3.63, 3.8) is 0 Å². The first-order valence-corrected chi connectivity index (χ1v) is 9.40. The van der Waals surface area contributed by atoms with E-state index in [9.17, 15) is 8.42 Å². The molecule has 0 aromatic heterocycles. The molecule has 0 spiro atoms. The van der Waals surface area contributed by atoms with Crippen molar-refractivity contribution in [2.45, 2.75) is 49.9 Å². The Morgan fingerprint density at radius 2 is 2.00 bits per heavy atom. The van der Waals surface area contributed by atoms with Crippen LogP contribution in [0, 0.1) is 0 Å². The SMILES string of the molecule is CC(NC1CCCC(S(C)(=O)=O)C1)c1ccccc1Cl. The Morgan fingerprint density at radius 1 is 1.30 bits per heavy atom. The number of rotatable bonds is 4. The molecule has 1 saturated carbocycles. The molecule has 1 aliphatic carbocycles. The predicted octanol–water partition coefficient (Wildman–Crippen LogP) is 3.35. The van der Waals surface area contributed by atoms with Gasteiger partial charge in [-0.1, -0.05) is 36.2 Å². The van der Waals surface area contributed by atoms with Gasteiger partial charge >= 0.3 is 0 Å². The molecule has 1 aliphatic rings. The molecule has 0 amide bonds. The quantitative estimate of drug-likeness (QED) is 0.927. The highest BCUT2D eigenvalue weighted by Gasteiger charge is 2.29. The van der Waals surface area contributed by atoms with Gasteiger partial charge in [0.1, 0.15) is 9.84 Å². The van der Waals surface area contributed by atoms with E-state index in [1.54, 1.807) is 0 Å². The summed E-state index contributed by atoms with van der Waals surface area (Å²) < 4.78 is 23.4. The minimum Gasteiger partial charge on any atom is -0.307 e. The lowest BCUT2D eigenvalue weighted by Gasteiger charge is -2.31. The van der Waals surface area contributed by atoms with E-state index in [0.29, 0.717) is 6.42 Å². The van der Waals surface area contributed by atoms with Crippen LogP contribution in [0.15, 0.2) is 24.3 Å². The van der Waals surface area contributed by atoms with Gasteiger partial charge in [-0.2, -0.15) is 0 Å². The van der Waals surface area contributed by atoms with Crippen molar-refractivity contribution >= 4 is 21.4 Å². The monoisotopic (exact) mass is 315 g/mol. The van der Waals surface area contributed by atoms with Gasteiger partial charge in [-0.3, -0.25) is 0 Å². The molecule has 1 aromatic rings. The minimum absolute atomic E-state index is 0.131. The second kappa shape index (κ2) is 6.46. The molecule has 2 rings (SSSR count). The molecule has 0 aliphatic heterocycles. The average Bonchev–Trinajstić information content (AvgIpc) is 2.38. The summed E-state index contributed by atoms with van der Waals surface area (Å²) in [4.78, 5) is 0. The van der Waals surface area contributed by atoms with Crippen molar-refractivity contribution in [3.05, 3.63) is 34.9 Å². The van der Waals surface area contributed by atoms with Crippen LogP contribution in [-0.4, -0.2) is 26.0 Å². The topological polar surface area (TPSA) is 46.2 Å². The normalized spacial score (nSPS) is 25.4. The molecule has 1 aromatic carbocycles. The zero-order chi connectivity index (χ0) is 14.8. The molecular weight excluding hydrogens is 294 g/mol. The van der Waals surface area contributed by atoms with Crippen molar-refractivity contribution in [3.8, 4) is 0 Å². The number of hydrogen-bond donors (Lipinski definition) is 1. The Labute approximate surface area is 126 Å². The van der Waals surface area contributed by atoms with Crippen molar-refractivity contribution in [1.29, 1.82) is 0 Å². The third kappa shape index (κ3) is 3.96. The Balaban J connectivity index is 2.01. The fourth-order valence-electron chi connectivity index (χ4n) is 2.95. The van der Waals surface area contributed by atoms with E-state index in [1.165, 1.54) is 6.26 Å². The number of benzene rings is 1. The maximum absolute atomic E-state index is 11.7. The highest BCUT2D eigenvalue weighted by molar-refractivity contribution is 7.91. The van der Waals surface area contributed by atoms with Gasteiger partial charge in [0.25, 0.3) is 0 Å². The van der Waals surface area contributed by atoms with E-state index >= 15 is 0 Å². The van der Waals surface area contributed by atoms with E-state index in [2.05, 4.69) is 12.2 Å². The number of sulfone groups is 1. The van der Waals surface area contributed by atoms with E-state index < -0.39 is 9.84 Å². The lowest BCUT2D eigenvalue weighted by atomic mass is 9.93. The molecule has 3 atom stereocenters. The predicted molar refractivity (Wildman–Crippen MR) is 83.9 cm³/mol. The van der Waals surface area contributed by atoms with Crippen LogP contribution >= 0.6 is 11.6 Å². The summed E-state index contributed by atoms with van der Waals surface area (Å²) in [5, 5.41) is 4.08. The Morgan fingerprint density at radius 3 is 2.65 bits per heavy atom. The van der Waals surface area contributed by atoms with Gasteiger partial charge in [-0.15, -0.1) is 0 Å². The molecule has 1 fully saturated rings. The van der Waals surface area contributed by atoms with Crippen molar-refractivity contribution in [1.82, 2.24) is 5.32 Å². The van der Waals surface area contributed by atoms with Crippen LogP contribution in [0.1, 0.15) is 44.2 Å². The Kier molecular flexibility index (Phi) is 5.10. The summed E-state index contributed by atoms with van der Waals surface area (Å²) in [5.74, 6) is 0. The van der Waals surface area contributed by atoms with Crippen LogP contribution in [-0.2, 0) is 9.84 Å². The number of nitrogens with one attached hydrogen (secondary N) is 1. The third-order valence-electron chi connectivity index (χ3n) is 4.09. The van der Waals surface area contributed by atoms with Gasteiger partial charge in [0.15, 0.2) is 0 Å². The molecule has 5 heteroatoms. The maximum Gasteiger partial charge on any atom is 0.150 e. The van der Waals surface area contributed by atoms with Gasteiger partial charge in [0, 0.05) is 23.4 Å². The Hall–Kier alpha value is -0.580. The van der Waals surface area contributed by atoms with Gasteiger partial charge in [-0.25, -0.2) is 8.42 Å². The van der Waals surface area contributed by atoms with E-state index in [-0.39, 0.29) is 17.3 Å². The first kappa shape index (κ1) is 15.8. The zero-order valence-corrected chi connectivity index (χ0v) is 13.5. The zero-order valence-electron chi connectivity index (χ0n) is 12.0. The lowest BCUT2D eigenvalue weighted by Crippen LogP contribution is -2.39. The third-order valence-corrected chi connectivity index (χ3v) is 6.07. The van der Waals surface area contributed by atoms with Crippen LogP contribution in [0.2, 0.25) is 5.02 Å². The molecule has 0 heterocycles. The summed E-state index contributed by atoms with van der Waals surface area (Å²) in [6, 6.07) is 8.16. The van der Waals surface area contributed by atoms with Crippen molar-refractivity contribution in [2.75, 3.05) is 6.26 Å². The largest absolute Gasteiger partial charge is 0.307 e. The summed E-state index contributed by atoms with van der Waals surface area (Å²) >= 11 is 6.20. The second-order valence-electron chi connectivity index (χ2n) is 5.72. The molecule has 0 bridgehead atoms. The smallest absolute Gasteiger partial charge is 0.150 e. The van der Waals surface area contributed by atoms with E-state index in [0.717, 1.165) is 29.8 Å². The van der Waals surface area contributed by atoms with Crippen LogP contribution in [0.4, 0.5) is 0 Å². The van der Waals surface area contributed by atoms with Gasteiger partial charge in [0.2, 0.25) is 0 Å². The molecule has 0 radical (unpaired) electrons. The van der Waals surface area contributed by atoms with Gasteiger partial charge in [-0.05, 0) is 37.8 Å². The highest BCUT2D eigenvalue weighted by atomic mass is 35.5. The average molecular weight is 316 g/mol. The summed E-state index contributed by atoms with van der Waals surface area (Å²) in [6.07, 6.45) is 4.83. The lowest BCUT2D eigenvalue weighted by molar-refractivity contribution is 0.346. The van der Waals surface area contributed by atoms with Crippen molar-refractivity contribution < 1.29 is 8.42 Å². The molecule has 3 nitrogen and oxygen atoms in total. The number of halogens is 1. The van der Waals surface area contributed by atoms with Crippen LogP contribution < -0.4 is 5.32 Å². The summed E-state index contributed by atoms with van der Waals surface area (Å²) in [6.45, 7) is 2.07. The van der Waals surface area contributed by atoms with E-state index in [4.69, 9.17) is 11.6 Å². The first-order chi connectivity index (χ1) is 9.38. The molecule has 0 saturated heterocycles.